The summed E-state index contributed by atoms with van der Waals surface area (Å²) in [6.07, 6.45) is 10.6. The van der Waals surface area contributed by atoms with Crippen LogP contribution in [-0.2, 0) is 19.1 Å². The molecule has 0 aromatic heterocycles. The second-order valence-electron chi connectivity index (χ2n) is 6.66. The van der Waals surface area contributed by atoms with Crippen LogP contribution < -0.4 is 0 Å². The van der Waals surface area contributed by atoms with Gasteiger partial charge >= 0.3 is 5.97 Å². The average Bonchev–Trinajstić information content (AvgIpc) is 2.96. The fourth-order valence-corrected chi connectivity index (χ4v) is 4.59. The van der Waals surface area contributed by atoms with Crippen LogP contribution in [0.5, 0.6) is 0 Å². The molecule has 0 radical (unpaired) electrons. The lowest BCUT2D eigenvalue weighted by molar-refractivity contribution is -0.140. The molecule has 2 rings (SSSR count). The van der Waals surface area contributed by atoms with Crippen LogP contribution in [0.1, 0.15) is 64.2 Å². The van der Waals surface area contributed by atoms with E-state index in [-0.39, 0.29) is 11.9 Å². The number of hydrogen-bond donors (Lipinski definition) is 0. The van der Waals surface area contributed by atoms with Gasteiger partial charge in [0.15, 0.2) is 0 Å². The molecule has 2 aliphatic heterocycles. The first-order valence-electron chi connectivity index (χ1n) is 9.30. The van der Waals surface area contributed by atoms with Crippen LogP contribution in [0.2, 0.25) is 0 Å². The Hall–Kier alpha value is -0.750. The van der Waals surface area contributed by atoms with Crippen LogP contribution in [0.4, 0.5) is 0 Å². The number of rotatable bonds is 10. The number of amides is 1. The summed E-state index contributed by atoms with van der Waals surface area (Å²) >= 11 is 1.78. The molecule has 2 unspecified atom stereocenters. The Bertz CT molecular complexity index is 398. The van der Waals surface area contributed by atoms with Crippen LogP contribution in [0.15, 0.2) is 0 Å². The molecule has 0 aromatic carbocycles. The van der Waals surface area contributed by atoms with Gasteiger partial charge < -0.3 is 14.4 Å². The van der Waals surface area contributed by atoms with Gasteiger partial charge in [0.1, 0.15) is 0 Å². The molecule has 0 aromatic rings. The van der Waals surface area contributed by atoms with Gasteiger partial charge in [-0.3, -0.25) is 9.59 Å². The first-order chi connectivity index (χ1) is 11.7. The Balaban J connectivity index is 1.60. The van der Waals surface area contributed by atoms with Crippen LogP contribution in [-0.4, -0.2) is 54.3 Å². The molecule has 2 aliphatic rings. The minimum atomic E-state index is -0.133. The normalized spacial score (nSPS) is 24.4. The molecule has 1 amide bonds. The van der Waals surface area contributed by atoms with Gasteiger partial charge in [0.2, 0.25) is 5.91 Å². The molecular formula is C18H31NO4S. The quantitative estimate of drug-likeness (QED) is 0.443. The van der Waals surface area contributed by atoms with Crippen LogP contribution in [0, 0.1) is 0 Å². The van der Waals surface area contributed by atoms with Gasteiger partial charge in [0.05, 0.1) is 24.3 Å². The maximum absolute atomic E-state index is 12.1. The Morgan fingerprint density at radius 1 is 1.25 bits per heavy atom. The molecule has 0 N–H and O–H groups in total. The minimum absolute atomic E-state index is 0.133. The molecule has 6 heteroatoms. The molecule has 24 heavy (non-hydrogen) atoms. The predicted octanol–water partition coefficient (Wildman–Crippen LogP) is 3.36. The summed E-state index contributed by atoms with van der Waals surface area (Å²) in [5.41, 5.74) is 0. The monoisotopic (exact) mass is 357 g/mol. The van der Waals surface area contributed by atoms with Crippen molar-refractivity contribution in [1.82, 2.24) is 4.90 Å². The first kappa shape index (κ1) is 19.6. The van der Waals surface area contributed by atoms with Crippen molar-refractivity contribution < 1.29 is 19.1 Å². The van der Waals surface area contributed by atoms with E-state index in [4.69, 9.17) is 4.74 Å². The zero-order chi connectivity index (χ0) is 17.2. The Kier molecular flexibility index (Phi) is 8.95. The van der Waals surface area contributed by atoms with Crippen molar-refractivity contribution in [1.29, 1.82) is 0 Å². The highest BCUT2D eigenvalue weighted by Crippen LogP contribution is 2.30. The maximum atomic E-state index is 12.1. The SMILES string of the molecule is COC(=O)CCCCCCN1C(=O)CSC1CCC1CCCCO1. The van der Waals surface area contributed by atoms with E-state index in [1.807, 2.05) is 0 Å². The number of hydrogen-bond acceptors (Lipinski definition) is 5. The third-order valence-electron chi connectivity index (χ3n) is 4.83. The number of ether oxygens (including phenoxy) is 2. The summed E-state index contributed by atoms with van der Waals surface area (Å²) in [5.74, 6) is 0.772. The van der Waals surface area contributed by atoms with Crippen LogP contribution in [0.25, 0.3) is 0 Å². The predicted molar refractivity (Wildman–Crippen MR) is 95.9 cm³/mol. The number of unbranched alkanes of at least 4 members (excludes halogenated alkanes) is 3. The van der Waals surface area contributed by atoms with Crippen molar-refractivity contribution in [3.8, 4) is 0 Å². The Morgan fingerprint density at radius 2 is 2.08 bits per heavy atom. The van der Waals surface area contributed by atoms with E-state index in [1.54, 1.807) is 11.8 Å². The van der Waals surface area contributed by atoms with E-state index in [0.29, 0.717) is 23.7 Å². The molecular weight excluding hydrogens is 326 g/mol. The van der Waals surface area contributed by atoms with Gasteiger partial charge in [0.25, 0.3) is 0 Å². The fourth-order valence-electron chi connectivity index (χ4n) is 3.38. The summed E-state index contributed by atoms with van der Waals surface area (Å²) in [5, 5.41) is 0.332. The lowest BCUT2D eigenvalue weighted by Gasteiger charge is -2.27. The minimum Gasteiger partial charge on any atom is -0.469 e. The van der Waals surface area contributed by atoms with Crippen LogP contribution in [0.3, 0.4) is 0 Å². The van der Waals surface area contributed by atoms with Crippen molar-refractivity contribution in [3.63, 3.8) is 0 Å². The summed E-state index contributed by atoms with van der Waals surface area (Å²) in [7, 11) is 1.43. The fraction of sp³-hybridized carbons (Fsp3) is 0.889. The van der Waals surface area contributed by atoms with Crippen LogP contribution >= 0.6 is 11.8 Å². The number of carbonyl (C=O) groups excluding carboxylic acids is 2. The molecule has 2 atom stereocenters. The number of carbonyl (C=O) groups is 2. The lowest BCUT2D eigenvalue weighted by Crippen LogP contribution is -2.34. The smallest absolute Gasteiger partial charge is 0.305 e. The highest BCUT2D eigenvalue weighted by atomic mass is 32.2. The van der Waals surface area contributed by atoms with E-state index in [2.05, 4.69) is 9.64 Å². The number of esters is 1. The summed E-state index contributed by atoms with van der Waals surface area (Å²) in [4.78, 5) is 25.2. The van der Waals surface area contributed by atoms with Gasteiger partial charge in [-0.15, -0.1) is 11.8 Å². The summed E-state index contributed by atoms with van der Waals surface area (Å²) < 4.78 is 10.4. The molecule has 5 nitrogen and oxygen atoms in total. The van der Waals surface area contributed by atoms with Crippen molar-refractivity contribution in [2.24, 2.45) is 0 Å². The van der Waals surface area contributed by atoms with Gasteiger partial charge in [-0.1, -0.05) is 12.8 Å². The first-order valence-corrected chi connectivity index (χ1v) is 10.3. The molecule has 2 heterocycles. The maximum Gasteiger partial charge on any atom is 0.305 e. The largest absolute Gasteiger partial charge is 0.469 e. The standard InChI is InChI=1S/C18H31NO4S/c1-22-18(21)9-4-2-3-6-12-19-16(20)14-24-17(19)11-10-15-8-5-7-13-23-15/h15,17H,2-14H2,1H3. The van der Waals surface area contributed by atoms with E-state index in [9.17, 15) is 9.59 Å². The molecule has 2 fully saturated rings. The number of nitrogens with zero attached hydrogens (tertiary/aromatic N) is 1. The zero-order valence-electron chi connectivity index (χ0n) is 14.8. The third-order valence-corrected chi connectivity index (χ3v) is 6.12. The summed E-state index contributed by atoms with van der Waals surface area (Å²) in [6.45, 7) is 1.75. The van der Waals surface area contributed by atoms with E-state index < -0.39 is 0 Å². The molecule has 0 bridgehead atoms. The van der Waals surface area contributed by atoms with Gasteiger partial charge in [-0.25, -0.2) is 0 Å². The number of methoxy groups -OCH3 is 1. The van der Waals surface area contributed by atoms with E-state index in [0.717, 1.165) is 51.7 Å². The number of thioether (sulfide) groups is 1. The lowest BCUT2D eigenvalue weighted by atomic mass is 10.0. The van der Waals surface area contributed by atoms with Crippen molar-refractivity contribution in [2.75, 3.05) is 26.0 Å². The van der Waals surface area contributed by atoms with E-state index >= 15 is 0 Å². The Morgan fingerprint density at radius 3 is 2.83 bits per heavy atom. The van der Waals surface area contributed by atoms with Gasteiger partial charge in [-0.05, 0) is 44.9 Å². The Labute approximate surface area is 149 Å². The van der Waals surface area contributed by atoms with Gasteiger partial charge in [-0.2, -0.15) is 0 Å². The van der Waals surface area contributed by atoms with Crippen molar-refractivity contribution >= 4 is 23.6 Å². The molecule has 0 aliphatic carbocycles. The molecule has 0 spiro atoms. The molecule has 2 saturated heterocycles. The second-order valence-corrected chi connectivity index (χ2v) is 7.83. The topological polar surface area (TPSA) is 55.8 Å². The zero-order valence-corrected chi connectivity index (χ0v) is 15.7. The van der Waals surface area contributed by atoms with E-state index in [1.165, 1.54) is 26.4 Å². The van der Waals surface area contributed by atoms with Gasteiger partial charge in [0, 0.05) is 19.6 Å². The molecule has 138 valence electrons. The third kappa shape index (κ3) is 6.63. The highest BCUT2D eigenvalue weighted by Gasteiger charge is 2.31. The summed E-state index contributed by atoms with van der Waals surface area (Å²) in [6, 6.07) is 0. The van der Waals surface area contributed by atoms with Crippen molar-refractivity contribution in [2.45, 2.75) is 75.7 Å². The average molecular weight is 358 g/mol. The second kappa shape index (κ2) is 11.0. The molecule has 0 saturated carbocycles. The highest BCUT2D eigenvalue weighted by molar-refractivity contribution is 8.00. The van der Waals surface area contributed by atoms with Crippen molar-refractivity contribution in [3.05, 3.63) is 0 Å².